The van der Waals surface area contributed by atoms with Crippen molar-refractivity contribution in [2.45, 2.75) is 6.42 Å². The second-order valence-electron chi connectivity index (χ2n) is 1.11. The Morgan fingerprint density at radius 3 is 2.75 bits per heavy atom. The molecule has 0 aliphatic carbocycles. The van der Waals surface area contributed by atoms with Crippen molar-refractivity contribution in [2.24, 2.45) is 0 Å². The summed E-state index contributed by atoms with van der Waals surface area (Å²) >= 11 is 0. The summed E-state index contributed by atoms with van der Waals surface area (Å²) in [5.74, 6) is -0.933. The predicted molar refractivity (Wildman–Crippen MR) is 28.6 cm³/mol. The summed E-state index contributed by atoms with van der Waals surface area (Å²) < 4.78 is 13.9. The molecule has 0 bridgehead atoms. The largest absolute Gasteiger partial charge is 0.481 e. The van der Waals surface area contributed by atoms with Crippen LogP contribution in [0.2, 0.25) is 0 Å². The number of carboxylic acid groups (broad SMARTS) is 1. The molecule has 0 heterocycles. The van der Waals surface area contributed by atoms with Crippen LogP contribution in [-0.4, -0.2) is 17.7 Å². The molecule has 0 fully saturated rings. The fraction of sp³-hybridized carbons (Fsp3) is 0.667. The zero-order valence-electron chi connectivity index (χ0n) is 4.16. The van der Waals surface area contributed by atoms with Gasteiger partial charge in [-0.25, -0.2) is 0 Å². The lowest BCUT2D eigenvalue weighted by atomic mass is 10.5. The Morgan fingerprint density at radius 1 is 1.75 bits per heavy atom. The van der Waals surface area contributed by atoms with Crippen LogP contribution in [0.15, 0.2) is 0 Å². The van der Waals surface area contributed by atoms with Gasteiger partial charge in [0.15, 0.2) is 8.69 Å². The van der Waals surface area contributed by atoms with Crippen molar-refractivity contribution in [3.05, 3.63) is 0 Å². The van der Waals surface area contributed by atoms with E-state index in [1.54, 1.807) is 0 Å². The van der Waals surface area contributed by atoms with Crippen molar-refractivity contribution in [3.63, 3.8) is 0 Å². The molecule has 0 saturated carbocycles. The molecule has 0 spiro atoms. The smallest absolute Gasteiger partial charge is 0.305 e. The minimum atomic E-state index is -1.25. The van der Waals surface area contributed by atoms with E-state index in [-0.39, 0.29) is 13.0 Å². The molecule has 5 heteroatoms. The maximum absolute atomic E-state index is 9.70. The van der Waals surface area contributed by atoms with Crippen LogP contribution < -0.4 is 0 Å². The van der Waals surface area contributed by atoms with Gasteiger partial charge in [-0.05, 0) is 0 Å². The van der Waals surface area contributed by atoms with Crippen molar-refractivity contribution in [2.75, 3.05) is 6.61 Å². The molecule has 4 nitrogen and oxygen atoms in total. The Kier molecular flexibility index (Phi) is 4.61. The highest BCUT2D eigenvalue weighted by atomic mass is 31.1. The summed E-state index contributed by atoms with van der Waals surface area (Å²) in [7, 11) is -1.25. The maximum Gasteiger partial charge on any atom is 0.305 e. The molecule has 8 heavy (non-hydrogen) atoms. The highest BCUT2D eigenvalue weighted by Crippen LogP contribution is 1.94. The van der Waals surface area contributed by atoms with E-state index in [4.69, 9.17) is 5.11 Å². The Balaban J connectivity index is 2.93. The van der Waals surface area contributed by atoms with Gasteiger partial charge in [0.1, 0.15) is 0 Å². The highest BCUT2D eigenvalue weighted by Gasteiger charge is 1.92. The van der Waals surface area contributed by atoms with Gasteiger partial charge in [-0.3, -0.25) is 9.36 Å². The molecule has 0 aromatic rings. The molecule has 0 amide bonds. The fourth-order valence-electron chi connectivity index (χ4n) is 0.194. The summed E-state index contributed by atoms with van der Waals surface area (Å²) in [6.07, 6.45) is -0.0742. The van der Waals surface area contributed by atoms with Crippen LogP contribution in [0.3, 0.4) is 0 Å². The molecule has 1 unspecified atom stereocenters. The molecule has 0 aromatic carbocycles. The number of rotatable bonds is 4. The van der Waals surface area contributed by atoms with E-state index in [0.717, 1.165) is 0 Å². The molecule has 48 valence electrons. The first-order valence-electron chi connectivity index (χ1n) is 2.04. The standard InChI is InChI=1S/C3H7O4P/c4-3(5)1-2-7-8-6/h1-2,8H2,(H,4,5). The van der Waals surface area contributed by atoms with Crippen molar-refractivity contribution >= 4 is 14.7 Å². The SMILES string of the molecule is O=[PH2]OCCC(=O)O. The zero-order valence-corrected chi connectivity index (χ0v) is 5.32. The number of carboxylic acids is 1. The normalized spacial score (nSPS) is 10.5. The first kappa shape index (κ1) is 7.66. The summed E-state index contributed by atoms with van der Waals surface area (Å²) in [5.41, 5.74) is 0. The molecule has 0 saturated heterocycles. The van der Waals surface area contributed by atoms with E-state index >= 15 is 0 Å². The fourth-order valence-corrected chi connectivity index (χ4v) is 0.408. The second kappa shape index (κ2) is 4.81. The number of hydrogen-bond acceptors (Lipinski definition) is 3. The van der Waals surface area contributed by atoms with Gasteiger partial charge in [0, 0.05) is 0 Å². The van der Waals surface area contributed by atoms with E-state index in [2.05, 4.69) is 4.52 Å². The first-order valence-corrected chi connectivity index (χ1v) is 2.98. The van der Waals surface area contributed by atoms with Crippen LogP contribution in [0.4, 0.5) is 0 Å². The lowest BCUT2D eigenvalue weighted by Crippen LogP contribution is -1.97. The van der Waals surface area contributed by atoms with Gasteiger partial charge in [-0.2, -0.15) is 0 Å². The minimum Gasteiger partial charge on any atom is -0.481 e. The first-order chi connectivity index (χ1) is 3.77. The molecule has 1 atom stereocenters. The highest BCUT2D eigenvalue weighted by molar-refractivity contribution is 7.17. The summed E-state index contributed by atoms with van der Waals surface area (Å²) in [5, 5.41) is 7.97. The summed E-state index contributed by atoms with van der Waals surface area (Å²) in [6.45, 7) is 0.0498. The molecule has 0 aliphatic rings. The minimum absolute atomic E-state index is 0.0498. The molecule has 0 aromatic heterocycles. The Hall–Kier alpha value is -0.340. The van der Waals surface area contributed by atoms with Crippen LogP contribution in [-0.2, 0) is 13.9 Å². The van der Waals surface area contributed by atoms with Crippen molar-refractivity contribution in [3.8, 4) is 0 Å². The van der Waals surface area contributed by atoms with E-state index in [9.17, 15) is 9.36 Å². The Morgan fingerprint density at radius 2 is 2.38 bits per heavy atom. The van der Waals surface area contributed by atoms with E-state index in [0.29, 0.717) is 0 Å². The average molecular weight is 138 g/mol. The molecule has 1 N–H and O–H groups in total. The van der Waals surface area contributed by atoms with Gasteiger partial charge in [0.2, 0.25) is 0 Å². The van der Waals surface area contributed by atoms with Crippen molar-refractivity contribution in [1.82, 2.24) is 0 Å². The third-order valence-corrected chi connectivity index (χ3v) is 0.874. The van der Waals surface area contributed by atoms with E-state index in [1.807, 2.05) is 0 Å². The van der Waals surface area contributed by atoms with Crippen LogP contribution in [0.1, 0.15) is 6.42 Å². The topological polar surface area (TPSA) is 63.6 Å². The van der Waals surface area contributed by atoms with Gasteiger partial charge in [0.05, 0.1) is 13.0 Å². The van der Waals surface area contributed by atoms with Crippen LogP contribution in [0.5, 0.6) is 0 Å². The van der Waals surface area contributed by atoms with Gasteiger partial charge in [0.25, 0.3) is 0 Å². The van der Waals surface area contributed by atoms with Gasteiger partial charge < -0.3 is 9.63 Å². The number of aliphatic carboxylic acids is 1. The number of carbonyl (C=O) groups is 1. The monoisotopic (exact) mass is 138 g/mol. The Labute approximate surface area is 47.7 Å². The summed E-state index contributed by atoms with van der Waals surface area (Å²) in [4.78, 5) is 9.70. The summed E-state index contributed by atoms with van der Waals surface area (Å²) in [6, 6.07) is 0. The molecule has 0 aliphatic heterocycles. The van der Waals surface area contributed by atoms with E-state index in [1.165, 1.54) is 0 Å². The predicted octanol–water partition coefficient (Wildman–Crippen LogP) is 0.149. The van der Waals surface area contributed by atoms with Gasteiger partial charge in [-0.1, -0.05) is 0 Å². The van der Waals surface area contributed by atoms with Crippen LogP contribution >= 0.6 is 8.69 Å². The Bertz CT molecular complexity index is 91.3. The second-order valence-corrected chi connectivity index (χ2v) is 1.64. The molecule has 0 rings (SSSR count). The number of hydrogen-bond donors (Lipinski definition) is 1. The van der Waals surface area contributed by atoms with Crippen molar-refractivity contribution < 1.29 is 19.0 Å². The molecular weight excluding hydrogens is 131 g/mol. The lowest BCUT2D eigenvalue weighted by Gasteiger charge is -1.88. The third-order valence-electron chi connectivity index (χ3n) is 0.502. The van der Waals surface area contributed by atoms with E-state index < -0.39 is 14.7 Å². The van der Waals surface area contributed by atoms with Gasteiger partial charge in [-0.15, -0.1) is 0 Å². The van der Waals surface area contributed by atoms with Crippen LogP contribution in [0, 0.1) is 0 Å². The van der Waals surface area contributed by atoms with Gasteiger partial charge >= 0.3 is 5.97 Å². The zero-order chi connectivity index (χ0) is 6.41. The third kappa shape index (κ3) is 5.66. The molecular formula is C3H7O4P. The quantitative estimate of drug-likeness (QED) is 0.443. The maximum atomic E-state index is 9.70. The lowest BCUT2D eigenvalue weighted by molar-refractivity contribution is -0.137. The van der Waals surface area contributed by atoms with Crippen molar-refractivity contribution in [1.29, 1.82) is 0 Å². The average Bonchev–Trinajstić information content (AvgIpc) is 1.66. The van der Waals surface area contributed by atoms with Crippen LogP contribution in [0.25, 0.3) is 0 Å². The molecule has 0 radical (unpaired) electrons.